The second kappa shape index (κ2) is 7.95. The molecule has 0 aliphatic heterocycles. The van der Waals surface area contributed by atoms with E-state index in [4.69, 9.17) is 0 Å². The summed E-state index contributed by atoms with van der Waals surface area (Å²) >= 11 is 0. The summed E-state index contributed by atoms with van der Waals surface area (Å²) in [7, 11) is 0. The van der Waals surface area contributed by atoms with Crippen LogP contribution in [0.5, 0.6) is 0 Å². The summed E-state index contributed by atoms with van der Waals surface area (Å²) in [6, 6.07) is 8.97. The molecule has 0 saturated carbocycles. The molecule has 19 heavy (non-hydrogen) atoms. The van der Waals surface area contributed by atoms with Gasteiger partial charge in [-0.2, -0.15) is 0 Å². The summed E-state index contributed by atoms with van der Waals surface area (Å²) in [5.41, 5.74) is 2.62. The van der Waals surface area contributed by atoms with Gasteiger partial charge in [0.1, 0.15) is 0 Å². The highest BCUT2D eigenvalue weighted by Crippen LogP contribution is 2.18. The van der Waals surface area contributed by atoms with E-state index < -0.39 is 0 Å². The molecule has 1 atom stereocenters. The first-order valence-electron chi connectivity index (χ1n) is 7.14. The molecule has 1 amide bonds. The van der Waals surface area contributed by atoms with E-state index in [0.717, 1.165) is 0 Å². The lowest BCUT2D eigenvalue weighted by Gasteiger charge is -2.15. The number of carbonyl (C=O) groups is 1. The van der Waals surface area contributed by atoms with Gasteiger partial charge in [-0.1, -0.05) is 38.1 Å². The lowest BCUT2D eigenvalue weighted by molar-refractivity contribution is -0.120. The van der Waals surface area contributed by atoms with Crippen LogP contribution in [0.4, 0.5) is 0 Å². The Balaban J connectivity index is 2.40. The van der Waals surface area contributed by atoms with Crippen molar-refractivity contribution in [2.24, 2.45) is 0 Å². The molecule has 0 heterocycles. The van der Waals surface area contributed by atoms with Gasteiger partial charge in [0.25, 0.3) is 0 Å². The summed E-state index contributed by atoms with van der Waals surface area (Å²) < 4.78 is 0. The van der Waals surface area contributed by atoms with Gasteiger partial charge in [0.05, 0.1) is 0 Å². The van der Waals surface area contributed by atoms with Crippen LogP contribution in [0, 0.1) is 0 Å². The van der Waals surface area contributed by atoms with Gasteiger partial charge in [0.2, 0.25) is 5.91 Å². The minimum atomic E-state index is 0.109. The lowest BCUT2D eigenvalue weighted by Crippen LogP contribution is -2.28. The molecule has 0 saturated heterocycles. The van der Waals surface area contributed by atoms with E-state index in [1.165, 1.54) is 11.1 Å². The molecular formula is C16H26N2O. The lowest BCUT2D eigenvalue weighted by atomic mass is 9.99. The van der Waals surface area contributed by atoms with E-state index in [1.54, 1.807) is 0 Å². The van der Waals surface area contributed by atoms with Crippen molar-refractivity contribution in [2.45, 2.75) is 46.1 Å². The van der Waals surface area contributed by atoms with Crippen LogP contribution in [-0.2, 0) is 4.79 Å². The quantitative estimate of drug-likeness (QED) is 0.793. The number of hydrogen-bond donors (Lipinski definition) is 2. The zero-order valence-electron chi connectivity index (χ0n) is 12.5. The molecule has 0 fully saturated rings. The summed E-state index contributed by atoms with van der Waals surface area (Å²) in [5.74, 6) is 0.674. The number of carbonyl (C=O) groups excluding carboxylic acids is 1. The number of nitrogens with one attached hydrogen (secondary N) is 2. The average Bonchev–Trinajstić information content (AvgIpc) is 2.39. The molecule has 3 heteroatoms. The topological polar surface area (TPSA) is 41.1 Å². The van der Waals surface area contributed by atoms with Gasteiger partial charge in [0, 0.05) is 25.6 Å². The van der Waals surface area contributed by atoms with Crippen LogP contribution in [0.1, 0.15) is 57.2 Å². The maximum absolute atomic E-state index is 11.3. The number of rotatable bonds is 7. The highest BCUT2D eigenvalue weighted by molar-refractivity contribution is 5.75. The van der Waals surface area contributed by atoms with Gasteiger partial charge in [-0.15, -0.1) is 0 Å². The Bertz CT molecular complexity index is 384. The fourth-order valence-corrected chi connectivity index (χ4v) is 1.98. The fourth-order valence-electron chi connectivity index (χ4n) is 1.98. The fraction of sp³-hybridized carbons (Fsp3) is 0.562. The van der Waals surface area contributed by atoms with Crippen LogP contribution in [0.2, 0.25) is 0 Å². The van der Waals surface area contributed by atoms with Gasteiger partial charge in [-0.25, -0.2) is 0 Å². The molecule has 0 aliphatic rings. The predicted octanol–water partition coefficient (Wildman–Crippen LogP) is 2.99. The van der Waals surface area contributed by atoms with Crippen LogP contribution >= 0.6 is 0 Å². The van der Waals surface area contributed by atoms with Crippen molar-refractivity contribution in [3.8, 4) is 0 Å². The third kappa shape index (κ3) is 5.43. The van der Waals surface area contributed by atoms with Crippen molar-refractivity contribution >= 4 is 5.91 Å². The van der Waals surface area contributed by atoms with E-state index in [2.05, 4.69) is 55.7 Å². The SMILES string of the molecule is CCNC(=O)CCNC(C)c1ccc(C(C)C)cc1. The number of benzene rings is 1. The van der Waals surface area contributed by atoms with E-state index in [0.29, 0.717) is 25.4 Å². The molecule has 0 bridgehead atoms. The molecule has 0 aliphatic carbocycles. The van der Waals surface area contributed by atoms with Crippen molar-refractivity contribution in [1.29, 1.82) is 0 Å². The molecule has 2 N–H and O–H groups in total. The number of hydrogen-bond acceptors (Lipinski definition) is 2. The molecule has 1 aromatic carbocycles. The molecule has 1 aromatic rings. The van der Waals surface area contributed by atoms with E-state index in [-0.39, 0.29) is 11.9 Å². The first-order chi connectivity index (χ1) is 9.04. The maximum Gasteiger partial charge on any atom is 0.221 e. The molecule has 1 unspecified atom stereocenters. The average molecular weight is 262 g/mol. The molecule has 3 nitrogen and oxygen atoms in total. The second-order valence-electron chi connectivity index (χ2n) is 5.20. The standard InChI is InChI=1S/C16H26N2O/c1-5-17-16(19)10-11-18-13(4)15-8-6-14(7-9-15)12(2)3/h6-9,12-13,18H,5,10-11H2,1-4H3,(H,17,19). The molecule has 0 aromatic heterocycles. The maximum atomic E-state index is 11.3. The van der Waals surface area contributed by atoms with Crippen LogP contribution in [-0.4, -0.2) is 19.0 Å². The minimum absolute atomic E-state index is 0.109. The summed E-state index contributed by atoms with van der Waals surface area (Å²) in [5, 5.41) is 6.18. The molecule has 0 radical (unpaired) electrons. The Morgan fingerprint density at radius 1 is 1.11 bits per heavy atom. The van der Waals surface area contributed by atoms with Gasteiger partial charge < -0.3 is 10.6 Å². The van der Waals surface area contributed by atoms with Crippen LogP contribution < -0.4 is 10.6 Å². The summed E-state index contributed by atoms with van der Waals surface area (Å²) in [6.07, 6.45) is 0.530. The Morgan fingerprint density at radius 3 is 2.21 bits per heavy atom. The molecular weight excluding hydrogens is 236 g/mol. The van der Waals surface area contributed by atoms with Gasteiger partial charge in [-0.05, 0) is 30.9 Å². The first-order valence-corrected chi connectivity index (χ1v) is 7.14. The monoisotopic (exact) mass is 262 g/mol. The Hall–Kier alpha value is -1.35. The zero-order chi connectivity index (χ0) is 14.3. The van der Waals surface area contributed by atoms with Gasteiger partial charge in [0.15, 0.2) is 0 Å². The van der Waals surface area contributed by atoms with Gasteiger partial charge in [-0.3, -0.25) is 4.79 Å². The van der Waals surface area contributed by atoms with Crippen LogP contribution in [0.15, 0.2) is 24.3 Å². The van der Waals surface area contributed by atoms with Crippen LogP contribution in [0.3, 0.4) is 0 Å². The van der Waals surface area contributed by atoms with E-state index in [9.17, 15) is 4.79 Å². The van der Waals surface area contributed by atoms with E-state index >= 15 is 0 Å². The Kier molecular flexibility index (Phi) is 6.57. The third-order valence-electron chi connectivity index (χ3n) is 3.28. The smallest absolute Gasteiger partial charge is 0.221 e. The van der Waals surface area contributed by atoms with Gasteiger partial charge >= 0.3 is 0 Å². The second-order valence-corrected chi connectivity index (χ2v) is 5.20. The Labute approximate surface area is 116 Å². The van der Waals surface area contributed by atoms with Crippen LogP contribution in [0.25, 0.3) is 0 Å². The summed E-state index contributed by atoms with van der Waals surface area (Å²) in [4.78, 5) is 11.3. The van der Waals surface area contributed by atoms with E-state index in [1.807, 2.05) is 6.92 Å². The third-order valence-corrected chi connectivity index (χ3v) is 3.28. The number of amides is 1. The van der Waals surface area contributed by atoms with Crippen molar-refractivity contribution < 1.29 is 4.79 Å². The molecule has 0 spiro atoms. The normalized spacial score (nSPS) is 12.5. The molecule has 1 rings (SSSR count). The highest BCUT2D eigenvalue weighted by Gasteiger charge is 2.06. The predicted molar refractivity (Wildman–Crippen MR) is 80.2 cm³/mol. The van der Waals surface area contributed by atoms with Crippen molar-refractivity contribution in [2.75, 3.05) is 13.1 Å². The Morgan fingerprint density at radius 2 is 1.68 bits per heavy atom. The zero-order valence-corrected chi connectivity index (χ0v) is 12.5. The van der Waals surface area contributed by atoms with Crippen molar-refractivity contribution in [3.05, 3.63) is 35.4 Å². The minimum Gasteiger partial charge on any atom is -0.356 e. The largest absolute Gasteiger partial charge is 0.356 e. The summed E-state index contributed by atoms with van der Waals surface area (Å²) in [6.45, 7) is 9.86. The highest BCUT2D eigenvalue weighted by atomic mass is 16.1. The molecule has 106 valence electrons. The first kappa shape index (κ1) is 15.7. The van der Waals surface area contributed by atoms with Crippen molar-refractivity contribution in [1.82, 2.24) is 10.6 Å². The van der Waals surface area contributed by atoms with Crippen molar-refractivity contribution in [3.63, 3.8) is 0 Å².